The zero-order valence-corrected chi connectivity index (χ0v) is 9.01. The molecule has 0 aliphatic heterocycles. The first-order valence-electron chi connectivity index (χ1n) is 3.85. The predicted molar refractivity (Wildman–Crippen MR) is 59.5 cm³/mol. The third kappa shape index (κ3) is 3.55. The molecule has 3 nitrogen and oxygen atoms in total. The Balaban J connectivity index is 2.81. The molecular formula is C9H10O3S2. The molecule has 1 atom stereocenters. The summed E-state index contributed by atoms with van der Waals surface area (Å²) in [6.45, 7) is 3.64. The maximum Gasteiger partial charge on any atom is 0.266 e. The van der Waals surface area contributed by atoms with Gasteiger partial charge >= 0.3 is 0 Å². The van der Waals surface area contributed by atoms with Gasteiger partial charge in [0.1, 0.15) is 0 Å². The van der Waals surface area contributed by atoms with Crippen LogP contribution < -0.4 is 0 Å². The fourth-order valence-corrected chi connectivity index (χ4v) is 1.42. The van der Waals surface area contributed by atoms with Crippen molar-refractivity contribution in [3.63, 3.8) is 0 Å². The fraction of sp³-hybridized carbons (Fsp3) is 0.111. The highest BCUT2D eigenvalue weighted by Gasteiger charge is 2.03. The number of benzene rings is 1. The van der Waals surface area contributed by atoms with Gasteiger partial charge in [0.25, 0.3) is 9.05 Å². The lowest BCUT2D eigenvalue weighted by atomic mass is 10.1. The summed E-state index contributed by atoms with van der Waals surface area (Å²) in [5.74, 6) is 0. The molecule has 0 aliphatic rings. The summed E-state index contributed by atoms with van der Waals surface area (Å²) in [5, 5.41) is 0. The fourth-order valence-electron chi connectivity index (χ4n) is 1.00. The molecule has 1 aromatic carbocycles. The second kappa shape index (κ2) is 4.65. The van der Waals surface area contributed by atoms with Crippen molar-refractivity contribution in [2.45, 2.75) is 6.61 Å². The third-order valence-electron chi connectivity index (χ3n) is 1.64. The Kier molecular flexibility index (Phi) is 3.77. The van der Waals surface area contributed by atoms with Crippen molar-refractivity contribution in [2.75, 3.05) is 0 Å². The minimum absolute atomic E-state index is 0.0149. The molecule has 14 heavy (non-hydrogen) atoms. The Morgan fingerprint density at radius 3 is 2.79 bits per heavy atom. The van der Waals surface area contributed by atoms with Crippen molar-refractivity contribution >= 4 is 26.3 Å². The van der Waals surface area contributed by atoms with E-state index >= 15 is 0 Å². The van der Waals surface area contributed by atoms with Gasteiger partial charge in [-0.05, 0) is 11.1 Å². The highest BCUT2D eigenvalue weighted by molar-refractivity contribution is 8.27. The lowest BCUT2D eigenvalue weighted by Crippen LogP contribution is -2.02. The van der Waals surface area contributed by atoms with Crippen LogP contribution in [0.4, 0.5) is 0 Å². The summed E-state index contributed by atoms with van der Waals surface area (Å²) >= 11 is 4.20. The third-order valence-corrected chi connectivity index (χ3v) is 2.34. The Hall–Kier alpha value is -0.750. The summed E-state index contributed by atoms with van der Waals surface area (Å²) in [7, 11) is -3.55. The average molecular weight is 230 g/mol. The summed E-state index contributed by atoms with van der Waals surface area (Å²) < 4.78 is 24.0. The maximum absolute atomic E-state index is 10.7. The molecule has 0 radical (unpaired) electrons. The molecular weight excluding hydrogens is 220 g/mol. The van der Waals surface area contributed by atoms with E-state index in [4.69, 9.17) is 4.55 Å². The smallest absolute Gasteiger partial charge is 0.266 e. The van der Waals surface area contributed by atoms with E-state index in [-0.39, 0.29) is 6.61 Å². The summed E-state index contributed by atoms with van der Waals surface area (Å²) in [6.07, 6.45) is 1.65. The first kappa shape index (κ1) is 11.3. The van der Waals surface area contributed by atoms with Crippen molar-refractivity contribution in [2.24, 2.45) is 0 Å². The highest BCUT2D eigenvalue weighted by Crippen LogP contribution is 2.11. The lowest BCUT2D eigenvalue weighted by Gasteiger charge is -2.05. The molecule has 1 N–H and O–H groups in total. The van der Waals surface area contributed by atoms with Gasteiger partial charge in [-0.25, -0.2) is 0 Å². The molecule has 76 valence electrons. The van der Waals surface area contributed by atoms with Crippen LogP contribution in [-0.4, -0.2) is 8.76 Å². The van der Waals surface area contributed by atoms with Crippen LogP contribution in [0.25, 0.3) is 6.08 Å². The van der Waals surface area contributed by atoms with Crippen molar-refractivity contribution in [3.05, 3.63) is 42.0 Å². The Morgan fingerprint density at radius 1 is 1.57 bits per heavy atom. The van der Waals surface area contributed by atoms with E-state index in [1.54, 1.807) is 12.1 Å². The Morgan fingerprint density at radius 2 is 2.21 bits per heavy atom. The quantitative estimate of drug-likeness (QED) is 0.859. The minimum Gasteiger partial charge on any atom is -0.285 e. The van der Waals surface area contributed by atoms with Crippen LogP contribution in [0.1, 0.15) is 11.1 Å². The number of rotatable bonds is 4. The van der Waals surface area contributed by atoms with Gasteiger partial charge in [0.15, 0.2) is 0 Å². The van der Waals surface area contributed by atoms with E-state index in [2.05, 4.69) is 22.0 Å². The van der Waals surface area contributed by atoms with Gasteiger partial charge in [0, 0.05) is 11.2 Å². The monoisotopic (exact) mass is 230 g/mol. The van der Waals surface area contributed by atoms with Crippen LogP contribution in [0.3, 0.4) is 0 Å². The molecule has 0 bridgehead atoms. The lowest BCUT2D eigenvalue weighted by molar-refractivity contribution is 0.294. The molecule has 0 aromatic heterocycles. The average Bonchev–Trinajstić information content (AvgIpc) is 2.14. The SMILES string of the molecule is C=Cc1ccccc1COS(=O)(O)=S. The van der Waals surface area contributed by atoms with Crippen LogP contribution in [-0.2, 0) is 31.0 Å². The molecule has 0 amide bonds. The first-order valence-corrected chi connectivity index (χ1v) is 6.21. The Bertz CT molecular complexity index is 423. The zero-order valence-electron chi connectivity index (χ0n) is 7.38. The van der Waals surface area contributed by atoms with Crippen LogP contribution in [0.15, 0.2) is 30.8 Å². The van der Waals surface area contributed by atoms with Crippen molar-refractivity contribution in [1.29, 1.82) is 0 Å². The first-order chi connectivity index (χ1) is 6.53. The molecule has 0 saturated heterocycles. The molecule has 1 unspecified atom stereocenters. The van der Waals surface area contributed by atoms with Crippen LogP contribution >= 0.6 is 0 Å². The van der Waals surface area contributed by atoms with Crippen molar-refractivity contribution < 1.29 is 12.9 Å². The van der Waals surface area contributed by atoms with Crippen molar-refractivity contribution in [1.82, 2.24) is 0 Å². The van der Waals surface area contributed by atoms with Gasteiger partial charge in [-0.2, -0.15) is 4.21 Å². The molecule has 1 aromatic rings. The molecule has 5 heteroatoms. The summed E-state index contributed by atoms with van der Waals surface area (Å²) in [5.41, 5.74) is 1.65. The topological polar surface area (TPSA) is 46.5 Å². The van der Waals surface area contributed by atoms with Gasteiger partial charge in [-0.15, -0.1) is 0 Å². The molecule has 0 aliphatic carbocycles. The van der Waals surface area contributed by atoms with E-state index < -0.39 is 9.05 Å². The van der Waals surface area contributed by atoms with E-state index in [1.165, 1.54) is 0 Å². The van der Waals surface area contributed by atoms with Crippen molar-refractivity contribution in [3.8, 4) is 0 Å². The van der Waals surface area contributed by atoms with Crippen LogP contribution in [0.5, 0.6) is 0 Å². The molecule has 0 heterocycles. The number of hydrogen-bond acceptors (Lipinski definition) is 3. The second-order valence-electron chi connectivity index (χ2n) is 2.59. The summed E-state index contributed by atoms with van der Waals surface area (Å²) in [4.78, 5) is 0. The standard InChI is InChI=1S/C9H10O3S2/c1-2-8-5-3-4-6-9(8)7-12-14(10,11)13/h2-6H,1,7H2,(H,10,11,13). The summed E-state index contributed by atoms with van der Waals surface area (Å²) in [6, 6.07) is 7.30. The van der Waals surface area contributed by atoms with E-state index in [1.807, 2.05) is 18.2 Å². The second-order valence-corrected chi connectivity index (χ2v) is 4.95. The molecule has 0 spiro atoms. The van der Waals surface area contributed by atoms with Gasteiger partial charge in [-0.1, -0.05) is 36.9 Å². The molecule has 1 rings (SSSR count). The van der Waals surface area contributed by atoms with Gasteiger partial charge in [0.05, 0.1) is 6.61 Å². The normalized spacial score (nSPS) is 14.6. The molecule has 0 saturated carbocycles. The predicted octanol–water partition coefficient (Wildman–Crippen LogP) is 1.98. The largest absolute Gasteiger partial charge is 0.285 e. The maximum atomic E-state index is 10.7. The van der Waals surface area contributed by atoms with Crippen LogP contribution in [0, 0.1) is 0 Å². The Labute approximate surface area is 88.1 Å². The van der Waals surface area contributed by atoms with Gasteiger partial charge in [-0.3, -0.25) is 8.74 Å². The van der Waals surface area contributed by atoms with Crippen LogP contribution in [0.2, 0.25) is 0 Å². The van der Waals surface area contributed by atoms with Gasteiger partial charge in [0.2, 0.25) is 0 Å². The van der Waals surface area contributed by atoms with E-state index in [0.717, 1.165) is 11.1 Å². The number of hydrogen-bond donors (Lipinski definition) is 1. The molecule has 0 fully saturated rings. The van der Waals surface area contributed by atoms with E-state index in [9.17, 15) is 4.21 Å². The zero-order chi connectivity index (χ0) is 10.6. The van der Waals surface area contributed by atoms with E-state index in [0.29, 0.717) is 0 Å². The minimum atomic E-state index is -3.55. The highest BCUT2D eigenvalue weighted by atomic mass is 32.9. The van der Waals surface area contributed by atoms with Gasteiger partial charge < -0.3 is 0 Å².